The first-order valence-electron chi connectivity index (χ1n) is 5.93. The third kappa shape index (κ3) is 4.18. The summed E-state index contributed by atoms with van der Waals surface area (Å²) >= 11 is 5.47. The number of phenols is 1. The minimum Gasteiger partial charge on any atom is -0.508 e. The van der Waals surface area contributed by atoms with Crippen LogP contribution in [0, 0.1) is 17.7 Å². The lowest BCUT2D eigenvalue weighted by molar-refractivity contribution is 0.304. The fourth-order valence-electron chi connectivity index (χ4n) is 1.61. The maximum absolute atomic E-state index is 13.4. The second-order valence-corrected chi connectivity index (χ2v) is 4.33. The summed E-state index contributed by atoms with van der Waals surface area (Å²) in [6, 6.07) is 10.9. The maximum Gasteiger partial charge on any atom is 0.128 e. The fraction of sp³-hybridized carbons (Fsp3) is 0.125. The van der Waals surface area contributed by atoms with E-state index in [2.05, 4.69) is 11.8 Å². The van der Waals surface area contributed by atoms with Crippen LogP contribution in [0.15, 0.2) is 42.5 Å². The minimum atomic E-state index is -0.410. The van der Waals surface area contributed by atoms with Crippen LogP contribution in [0.4, 0.5) is 4.39 Å². The lowest BCUT2D eigenvalue weighted by Gasteiger charge is -2.07. The largest absolute Gasteiger partial charge is 0.508 e. The number of halogens is 2. The van der Waals surface area contributed by atoms with Gasteiger partial charge < -0.3 is 9.84 Å². The molecule has 0 heterocycles. The van der Waals surface area contributed by atoms with Gasteiger partial charge in [-0.2, -0.15) is 0 Å². The Morgan fingerprint density at radius 2 is 1.90 bits per heavy atom. The molecule has 0 saturated carbocycles. The van der Waals surface area contributed by atoms with Crippen molar-refractivity contribution in [2.24, 2.45) is 0 Å². The second-order valence-electron chi connectivity index (χ2n) is 4.07. The molecule has 102 valence electrons. The molecule has 2 aromatic rings. The maximum atomic E-state index is 13.4. The van der Waals surface area contributed by atoms with Crippen LogP contribution in [0.1, 0.15) is 11.1 Å². The van der Waals surface area contributed by atoms with Gasteiger partial charge in [-0.3, -0.25) is 0 Å². The molecule has 0 atom stereocenters. The van der Waals surface area contributed by atoms with E-state index in [-0.39, 0.29) is 18.2 Å². The molecule has 4 heteroatoms. The average Bonchev–Trinajstić information content (AvgIpc) is 2.44. The van der Waals surface area contributed by atoms with E-state index in [4.69, 9.17) is 16.3 Å². The fourth-order valence-corrected chi connectivity index (χ4v) is 1.68. The van der Waals surface area contributed by atoms with Crippen LogP contribution in [-0.4, -0.2) is 11.0 Å². The highest BCUT2D eigenvalue weighted by atomic mass is 35.5. The Morgan fingerprint density at radius 1 is 1.15 bits per heavy atom. The molecule has 0 saturated heterocycles. The van der Waals surface area contributed by atoms with E-state index in [1.54, 1.807) is 30.3 Å². The number of hydrogen-bond acceptors (Lipinski definition) is 2. The number of hydrogen-bond donors (Lipinski definition) is 1. The molecule has 0 spiro atoms. The summed E-state index contributed by atoms with van der Waals surface area (Å²) in [5.74, 6) is 5.79. The lowest BCUT2D eigenvalue weighted by atomic mass is 10.2. The zero-order chi connectivity index (χ0) is 14.4. The Morgan fingerprint density at radius 3 is 2.60 bits per heavy atom. The van der Waals surface area contributed by atoms with Crippen molar-refractivity contribution in [2.45, 2.75) is 6.61 Å². The van der Waals surface area contributed by atoms with Crippen molar-refractivity contribution in [1.29, 1.82) is 0 Å². The molecule has 0 unspecified atom stereocenters. The highest BCUT2D eigenvalue weighted by Crippen LogP contribution is 2.18. The molecular formula is C16H12ClFO2. The summed E-state index contributed by atoms with van der Waals surface area (Å²) < 4.78 is 18.9. The Labute approximate surface area is 121 Å². The molecule has 20 heavy (non-hydrogen) atoms. The number of ether oxygens (including phenoxy) is 1. The van der Waals surface area contributed by atoms with Crippen LogP contribution >= 0.6 is 11.6 Å². The minimum absolute atomic E-state index is 0.193. The monoisotopic (exact) mass is 290 g/mol. The first-order chi connectivity index (χ1) is 9.67. The van der Waals surface area contributed by atoms with Gasteiger partial charge in [0.05, 0.1) is 5.88 Å². The predicted molar refractivity (Wildman–Crippen MR) is 76.4 cm³/mol. The summed E-state index contributed by atoms with van der Waals surface area (Å²) in [6.07, 6.45) is 0. The molecular weight excluding hydrogens is 279 g/mol. The van der Waals surface area contributed by atoms with Gasteiger partial charge in [-0.1, -0.05) is 24.0 Å². The molecule has 0 aliphatic rings. The van der Waals surface area contributed by atoms with Crippen LogP contribution < -0.4 is 4.74 Å². The van der Waals surface area contributed by atoms with Crippen molar-refractivity contribution in [3.05, 3.63) is 59.4 Å². The SMILES string of the molecule is Oc1ccc(COc2cc(F)cc(C#CCCl)c2)cc1. The highest BCUT2D eigenvalue weighted by Gasteiger charge is 2.01. The van der Waals surface area contributed by atoms with E-state index in [0.29, 0.717) is 11.3 Å². The molecule has 0 bridgehead atoms. The van der Waals surface area contributed by atoms with Gasteiger partial charge >= 0.3 is 0 Å². The Balaban J connectivity index is 2.09. The molecule has 2 aromatic carbocycles. The van der Waals surface area contributed by atoms with E-state index < -0.39 is 5.82 Å². The van der Waals surface area contributed by atoms with E-state index in [0.717, 1.165) is 5.56 Å². The third-order valence-corrected chi connectivity index (χ3v) is 2.65. The Bertz CT molecular complexity index is 642. The molecule has 0 radical (unpaired) electrons. The zero-order valence-electron chi connectivity index (χ0n) is 10.6. The second kappa shape index (κ2) is 6.83. The summed E-state index contributed by atoms with van der Waals surface area (Å²) in [7, 11) is 0. The number of rotatable bonds is 3. The normalized spacial score (nSPS) is 9.70. The zero-order valence-corrected chi connectivity index (χ0v) is 11.3. The topological polar surface area (TPSA) is 29.5 Å². The van der Waals surface area contributed by atoms with E-state index in [1.165, 1.54) is 12.1 Å². The number of phenolic OH excluding ortho intramolecular Hbond substituents is 1. The van der Waals surface area contributed by atoms with Crippen molar-refractivity contribution < 1.29 is 14.2 Å². The van der Waals surface area contributed by atoms with Crippen LogP contribution in [0.2, 0.25) is 0 Å². The van der Waals surface area contributed by atoms with Crippen LogP contribution in [-0.2, 0) is 6.61 Å². The van der Waals surface area contributed by atoms with Crippen LogP contribution in [0.5, 0.6) is 11.5 Å². The van der Waals surface area contributed by atoms with Gasteiger partial charge in [-0.15, -0.1) is 11.6 Å². The molecule has 2 nitrogen and oxygen atoms in total. The molecule has 1 N–H and O–H groups in total. The first kappa shape index (κ1) is 14.2. The Kier molecular flexibility index (Phi) is 4.86. The number of aromatic hydroxyl groups is 1. The quantitative estimate of drug-likeness (QED) is 0.690. The van der Waals surface area contributed by atoms with Gasteiger partial charge in [0.1, 0.15) is 23.9 Å². The molecule has 0 amide bonds. The van der Waals surface area contributed by atoms with Crippen LogP contribution in [0.25, 0.3) is 0 Å². The smallest absolute Gasteiger partial charge is 0.128 e. The third-order valence-electron chi connectivity index (χ3n) is 2.51. The predicted octanol–water partition coefficient (Wildman–Crippen LogP) is 3.70. The van der Waals surface area contributed by atoms with Crippen molar-refractivity contribution in [3.63, 3.8) is 0 Å². The first-order valence-corrected chi connectivity index (χ1v) is 6.47. The van der Waals surface area contributed by atoms with Crippen molar-refractivity contribution in [1.82, 2.24) is 0 Å². The summed E-state index contributed by atoms with van der Waals surface area (Å²) in [5, 5.41) is 9.18. The molecule has 0 fully saturated rings. The van der Waals surface area contributed by atoms with Crippen molar-refractivity contribution in [2.75, 3.05) is 5.88 Å². The standard InChI is InChI=1S/C16H12ClFO2/c17-7-1-2-13-8-14(18)10-16(9-13)20-11-12-3-5-15(19)6-4-12/h3-6,8-10,19H,7,11H2. The number of benzene rings is 2. The summed E-state index contributed by atoms with van der Waals surface area (Å²) in [5.41, 5.74) is 1.40. The molecule has 0 aliphatic carbocycles. The van der Waals surface area contributed by atoms with Gasteiger partial charge in [0.25, 0.3) is 0 Å². The number of alkyl halides is 1. The Hall–Kier alpha value is -2.18. The summed E-state index contributed by atoms with van der Waals surface area (Å²) in [6.45, 7) is 0.284. The highest BCUT2D eigenvalue weighted by molar-refractivity contribution is 6.19. The van der Waals surface area contributed by atoms with Crippen molar-refractivity contribution in [3.8, 4) is 23.3 Å². The lowest BCUT2D eigenvalue weighted by Crippen LogP contribution is -1.96. The average molecular weight is 291 g/mol. The molecule has 2 rings (SSSR count). The summed E-state index contributed by atoms with van der Waals surface area (Å²) in [4.78, 5) is 0. The van der Waals surface area contributed by atoms with Gasteiger partial charge in [0.2, 0.25) is 0 Å². The van der Waals surface area contributed by atoms with E-state index >= 15 is 0 Å². The van der Waals surface area contributed by atoms with E-state index in [9.17, 15) is 9.50 Å². The van der Waals surface area contributed by atoms with Gasteiger partial charge in [0, 0.05) is 11.6 Å². The van der Waals surface area contributed by atoms with Gasteiger partial charge in [0.15, 0.2) is 0 Å². The van der Waals surface area contributed by atoms with Gasteiger partial charge in [-0.25, -0.2) is 4.39 Å². The molecule has 0 aromatic heterocycles. The molecule has 0 aliphatic heterocycles. The van der Waals surface area contributed by atoms with Crippen molar-refractivity contribution >= 4 is 11.6 Å². The van der Waals surface area contributed by atoms with E-state index in [1.807, 2.05) is 0 Å². The van der Waals surface area contributed by atoms with Gasteiger partial charge in [-0.05, 0) is 29.8 Å². The van der Waals surface area contributed by atoms with Crippen LogP contribution in [0.3, 0.4) is 0 Å².